The molecule has 2 N–H and O–H groups in total. The second kappa shape index (κ2) is 12.2. The zero-order valence-corrected chi connectivity index (χ0v) is 24.7. The van der Waals surface area contributed by atoms with Crippen LogP contribution in [-0.2, 0) is 21.3 Å². The number of hydrogen-bond donors (Lipinski definition) is 2. The largest absolute Gasteiger partial charge is 0.444 e. The van der Waals surface area contributed by atoms with E-state index in [1.54, 1.807) is 33.8 Å². The number of halogens is 1. The first-order valence-electron chi connectivity index (χ1n) is 13.7. The molecule has 0 bridgehead atoms. The summed E-state index contributed by atoms with van der Waals surface area (Å²) < 4.78 is 50.7. The van der Waals surface area contributed by atoms with Crippen LogP contribution < -0.4 is 15.6 Å². The lowest BCUT2D eigenvalue weighted by molar-refractivity contribution is -0.387. The Labute approximate surface area is 243 Å². The van der Waals surface area contributed by atoms with E-state index >= 15 is 0 Å². The standard InChI is InChI=1S/C29H35FN4O7S/c1-18-15-27(35)33(25-16-20(30)11-14-22(18)25)17-23(32-42(39,40)26-8-6-5-7-24(26)34(37)38)19-9-12-21(13-10-19)31-28(36)41-29(2,3)4/h5-8,11,14-16,19,21,23,32H,9-10,12-13,17H2,1-4H3,(H,31,36). The Morgan fingerprint density at radius 3 is 2.45 bits per heavy atom. The van der Waals surface area contributed by atoms with Gasteiger partial charge in [0.2, 0.25) is 10.0 Å². The van der Waals surface area contributed by atoms with E-state index in [9.17, 15) is 32.5 Å². The maximum absolute atomic E-state index is 14.3. The van der Waals surface area contributed by atoms with Gasteiger partial charge in [-0.3, -0.25) is 14.9 Å². The number of carbonyl (C=O) groups excluding carboxylic acids is 1. The maximum atomic E-state index is 14.3. The Kier molecular flexibility index (Phi) is 9.02. The van der Waals surface area contributed by atoms with Crippen molar-refractivity contribution in [1.29, 1.82) is 0 Å². The van der Waals surface area contributed by atoms with Crippen molar-refractivity contribution in [2.24, 2.45) is 5.92 Å². The fraction of sp³-hybridized carbons (Fsp3) is 0.448. The Balaban J connectivity index is 1.67. The van der Waals surface area contributed by atoms with Crippen LogP contribution in [-0.4, -0.2) is 41.7 Å². The summed E-state index contributed by atoms with van der Waals surface area (Å²) in [5.41, 5.74) is -0.698. The molecule has 1 fully saturated rings. The summed E-state index contributed by atoms with van der Waals surface area (Å²) in [6.07, 6.45) is 1.46. The van der Waals surface area contributed by atoms with Gasteiger partial charge < -0.3 is 14.6 Å². The number of nitro groups is 1. The van der Waals surface area contributed by atoms with E-state index in [-0.39, 0.29) is 18.5 Å². The Morgan fingerprint density at radius 2 is 1.81 bits per heavy atom. The van der Waals surface area contributed by atoms with Gasteiger partial charge >= 0.3 is 6.09 Å². The van der Waals surface area contributed by atoms with Crippen molar-refractivity contribution in [3.8, 4) is 0 Å². The Morgan fingerprint density at radius 1 is 1.14 bits per heavy atom. The summed E-state index contributed by atoms with van der Waals surface area (Å²) >= 11 is 0. The maximum Gasteiger partial charge on any atom is 0.407 e. The first kappa shape index (κ1) is 31.1. The van der Waals surface area contributed by atoms with Crippen LogP contribution in [0, 0.1) is 28.8 Å². The highest BCUT2D eigenvalue weighted by Crippen LogP contribution is 2.31. The summed E-state index contributed by atoms with van der Waals surface area (Å²) in [4.78, 5) is 35.8. The third kappa shape index (κ3) is 7.32. The number of alkyl carbamates (subject to hydrolysis) is 1. The molecule has 0 aliphatic heterocycles. The topological polar surface area (TPSA) is 150 Å². The minimum Gasteiger partial charge on any atom is -0.444 e. The predicted octanol–water partition coefficient (Wildman–Crippen LogP) is 4.79. The average molecular weight is 603 g/mol. The molecule has 13 heteroatoms. The van der Waals surface area contributed by atoms with Gasteiger partial charge in [0, 0.05) is 36.1 Å². The molecule has 4 rings (SSSR count). The molecule has 1 heterocycles. The van der Waals surface area contributed by atoms with Crippen LogP contribution in [0.1, 0.15) is 52.0 Å². The monoisotopic (exact) mass is 602 g/mol. The first-order chi connectivity index (χ1) is 19.6. The van der Waals surface area contributed by atoms with Gasteiger partial charge in [0.05, 0.1) is 10.4 Å². The molecule has 1 saturated carbocycles. The second-order valence-corrected chi connectivity index (χ2v) is 13.3. The van der Waals surface area contributed by atoms with E-state index in [4.69, 9.17) is 4.74 Å². The van der Waals surface area contributed by atoms with Crippen LogP contribution in [0.2, 0.25) is 0 Å². The fourth-order valence-corrected chi connectivity index (χ4v) is 6.90. The third-order valence-corrected chi connectivity index (χ3v) is 8.92. The van der Waals surface area contributed by atoms with Crippen LogP contribution in [0.15, 0.2) is 58.2 Å². The number of nitro benzene ring substituents is 1. The number of benzene rings is 2. The van der Waals surface area contributed by atoms with E-state index in [1.165, 1.54) is 34.9 Å². The van der Waals surface area contributed by atoms with Crippen LogP contribution in [0.5, 0.6) is 0 Å². The molecule has 1 amide bonds. The van der Waals surface area contributed by atoms with Crippen LogP contribution in [0.25, 0.3) is 10.9 Å². The highest BCUT2D eigenvalue weighted by molar-refractivity contribution is 7.89. The molecule has 3 aromatic rings. The molecule has 1 aromatic heterocycles. The van der Waals surface area contributed by atoms with Gasteiger partial charge in [0.15, 0.2) is 4.90 Å². The van der Waals surface area contributed by atoms with Crippen molar-refractivity contribution in [1.82, 2.24) is 14.6 Å². The van der Waals surface area contributed by atoms with Crippen LogP contribution >= 0.6 is 0 Å². The number of pyridine rings is 1. The SMILES string of the molecule is Cc1cc(=O)n(CC(NS(=O)(=O)c2ccccc2[N+](=O)[O-])C2CCC(NC(=O)OC(C)(C)C)CC2)c2cc(F)ccc12. The lowest BCUT2D eigenvalue weighted by Crippen LogP contribution is -2.48. The highest BCUT2D eigenvalue weighted by atomic mass is 32.2. The van der Waals surface area contributed by atoms with Crippen molar-refractivity contribution >= 4 is 32.7 Å². The quantitative estimate of drug-likeness (QED) is 0.278. The number of nitrogens with one attached hydrogen (secondary N) is 2. The summed E-state index contributed by atoms with van der Waals surface area (Å²) in [5, 5.41) is 15.1. The summed E-state index contributed by atoms with van der Waals surface area (Å²) in [6.45, 7) is 6.90. The molecule has 42 heavy (non-hydrogen) atoms. The first-order valence-corrected chi connectivity index (χ1v) is 15.2. The zero-order valence-electron chi connectivity index (χ0n) is 23.9. The number of ether oxygens (including phenoxy) is 1. The zero-order chi connectivity index (χ0) is 30.8. The second-order valence-electron chi connectivity index (χ2n) is 11.6. The molecule has 0 spiro atoms. The van der Waals surface area contributed by atoms with E-state index in [1.807, 2.05) is 0 Å². The molecule has 1 atom stereocenters. The van der Waals surface area contributed by atoms with Crippen molar-refractivity contribution < 1.29 is 27.3 Å². The van der Waals surface area contributed by atoms with Gasteiger partial charge in [-0.1, -0.05) is 12.1 Å². The third-order valence-electron chi connectivity index (χ3n) is 7.38. The van der Waals surface area contributed by atoms with Gasteiger partial charge in [-0.2, -0.15) is 0 Å². The van der Waals surface area contributed by atoms with Crippen molar-refractivity contribution in [2.75, 3.05) is 0 Å². The number of nitrogens with zero attached hydrogens (tertiary/aromatic N) is 2. The van der Waals surface area contributed by atoms with Crippen LogP contribution in [0.3, 0.4) is 0 Å². The van der Waals surface area contributed by atoms with E-state index in [2.05, 4.69) is 10.0 Å². The molecular weight excluding hydrogens is 567 g/mol. The average Bonchev–Trinajstić information content (AvgIpc) is 2.89. The number of amides is 1. The van der Waals surface area contributed by atoms with Gasteiger partial charge in [0.25, 0.3) is 11.2 Å². The summed E-state index contributed by atoms with van der Waals surface area (Å²) in [7, 11) is -4.41. The number of sulfonamides is 1. The molecule has 1 unspecified atom stereocenters. The van der Waals surface area contributed by atoms with Gasteiger partial charge in [-0.05, 0) is 89.1 Å². The molecule has 1 aliphatic carbocycles. The molecule has 2 aromatic carbocycles. The van der Waals surface area contributed by atoms with Gasteiger partial charge in [0.1, 0.15) is 11.4 Å². The minimum absolute atomic E-state index is 0.131. The minimum atomic E-state index is -4.41. The molecule has 0 saturated heterocycles. The van der Waals surface area contributed by atoms with E-state index < -0.39 is 54.6 Å². The number of aromatic nitrogens is 1. The lowest BCUT2D eigenvalue weighted by Gasteiger charge is -2.35. The van der Waals surface area contributed by atoms with Gasteiger partial charge in [-0.25, -0.2) is 22.3 Å². The molecular formula is C29H35FN4O7S. The van der Waals surface area contributed by atoms with Crippen LogP contribution in [0.4, 0.5) is 14.9 Å². The van der Waals surface area contributed by atoms with Crippen molar-refractivity contribution in [3.63, 3.8) is 0 Å². The number of fused-ring (bicyclic) bond motifs is 1. The molecule has 226 valence electrons. The summed E-state index contributed by atoms with van der Waals surface area (Å²) in [6, 6.07) is 9.47. The highest BCUT2D eigenvalue weighted by Gasteiger charge is 2.35. The van der Waals surface area contributed by atoms with E-state index in [0.717, 1.165) is 12.1 Å². The predicted molar refractivity (Wildman–Crippen MR) is 155 cm³/mol. The van der Waals surface area contributed by atoms with Crippen molar-refractivity contribution in [3.05, 3.63) is 80.4 Å². The lowest BCUT2D eigenvalue weighted by atomic mass is 9.81. The Hall–Kier alpha value is -3.84. The Bertz CT molecular complexity index is 1660. The number of carbonyl (C=O) groups is 1. The van der Waals surface area contributed by atoms with E-state index in [0.29, 0.717) is 42.1 Å². The fourth-order valence-electron chi connectivity index (χ4n) is 5.43. The molecule has 0 radical (unpaired) electrons. The normalized spacial score (nSPS) is 18.4. The smallest absolute Gasteiger partial charge is 0.407 e. The number of aryl methyl sites for hydroxylation is 1. The van der Waals surface area contributed by atoms with Crippen molar-refractivity contribution in [2.45, 2.75) is 82.5 Å². The molecule has 11 nitrogen and oxygen atoms in total. The number of hydrogen-bond acceptors (Lipinski definition) is 7. The number of rotatable bonds is 8. The summed E-state index contributed by atoms with van der Waals surface area (Å²) in [5.74, 6) is -0.844. The molecule has 1 aliphatic rings. The number of para-hydroxylation sites is 1. The van der Waals surface area contributed by atoms with Gasteiger partial charge in [-0.15, -0.1) is 0 Å².